The van der Waals surface area contributed by atoms with Crippen LogP contribution in [0.2, 0.25) is 0 Å². The summed E-state index contributed by atoms with van der Waals surface area (Å²) in [4.78, 5) is 4.39. The number of hydrogen-bond acceptors (Lipinski definition) is 4. The third kappa shape index (κ3) is 2.64. The molecule has 0 bridgehead atoms. The van der Waals surface area contributed by atoms with E-state index in [0.29, 0.717) is 5.92 Å². The Labute approximate surface area is 116 Å². The van der Waals surface area contributed by atoms with Gasteiger partial charge in [0, 0.05) is 18.2 Å². The summed E-state index contributed by atoms with van der Waals surface area (Å²) >= 11 is 0. The van der Waals surface area contributed by atoms with Gasteiger partial charge in [0.1, 0.15) is 0 Å². The molecule has 0 aliphatic carbocycles. The van der Waals surface area contributed by atoms with Crippen LogP contribution < -0.4 is 0 Å². The highest BCUT2D eigenvalue weighted by Gasteiger charge is 2.52. The Morgan fingerprint density at radius 2 is 1.89 bits per heavy atom. The molecule has 1 saturated heterocycles. The second-order valence-corrected chi connectivity index (χ2v) is 6.45. The van der Waals surface area contributed by atoms with Gasteiger partial charge in [0.2, 0.25) is 0 Å². The Balaban J connectivity index is 2.35. The summed E-state index contributed by atoms with van der Waals surface area (Å²) in [5.74, 6) is 0.307. The number of nitrogens with zero attached hydrogens (tertiary/aromatic N) is 1. The monoisotopic (exact) mass is 265 g/mol. The molecule has 1 N–H and O–H groups in total. The van der Waals surface area contributed by atoms with Gasteiger partial charge in [0.25, 0.3) is 0 Å². The topological polar surface area (TPSA) is 51.0 Å². The molecule has 0 saturated carbocycles. The smallest absolute Gasteiger partial charge is 0.399 e. The molecule has 0 radical (unpaired) electrons. The fourth-order valence-corrected chi connectivity index (χ4v) is 2.40. The van der Waals surface area contributed by atoms with E-state index in [-0.39, 0.29) is 17.8 Å². The largest absolute Gasteiger partial charge is 0.496 e. The maximum Gasteiger partial charge on any atom is 0.496 e. The lowest BCUT2D eigenvalue weighted by atomic mass is 9.73. The number of hydrogen-bond donors (Lipinski definition) is 1. The van der Waals surface area contributed by atoms with Crippen LogP contribution >= 0.6 is 0 Å². The highest BCUT2D eigenvalue weighted by molar-refractivity contribution is 6.60. The van der Waals surface area contributed by atoms with Gasteiger partial charge in [0.05, 0.1) is 17.8 Å². The molecule has 2 rings (SSSR count). The molecule has 4 nitrogen and oxygen atoms in total. The molecule has 0 aromatic heterocycles. The molecule has 0 spiro atoms. The van der Waals surface area contributed by atoms with E-state index in [0.717, 1.165) is 24.0 Å². The van der Waals surface area contributed by atoms with E-state index >= 15 is 0 Å². The standard InChI is InChI=1S/C14H24BNO3/c1-10-6-7-16-8-12(11(10)9-17)15-18-13(2,3)14(4,5)19-15/h8,10,17H,6-7,9H2,1-5H3. The Morgan fingerprint density at radius 3 is 2.42 bits per heavy atom. The van der Waals surface area contributed by atoms with Crippen molar-refractivity contribution >= 4 is 13.3 Å². The zero-order valence-corrected chi connectivity index (χ0v) is 12.6. The lowest BCUT2D eigenvalue weighted by Gasteiger charge is -2.32. The number of allylic oxidation sites excluding steroid dienone is 1. The highest BCUT2D eigenvalue weighted by Crippen LogP contribution is 2.39. The number of rotatable bonds is 2. The van der Waals surface area contributed by atoms with Gasteiger partial charge in [-0.3, -0.25) is 4.99 Å². The van der Waals surface area contributed by atoms with Crippen LogP contribution in [-0.4, -0.2) is 42.8 Å². The molecule has 2 heterocycles. The molecule has 19 heavy (non-hydrogen) atoms. The van der Waals surface area contributed by atoms with E-state index in [1.54, 1.807) is 0 Å². The van der Waals surface area contributed by atoms with E-state index in [2.05, 4.69) is 11.9 Å². The molecule has 106 valence electrons. The second kappa shape index (κ2) is 5.04. The number of aliphatic hydroxyl groups excluding tert-OH is 1. The number of aliphatic hydroxyl groups is 1. The van der Waals surface area contributed by atoms with Gasteiger partial charge in [-0.1, -0.05) is 6.92 Å². The fourth-order valence-electron chi connectivity index (χ4n) is 2.40. The molecule has 1 atom stereocenters. The third-order valence-electron chi connectivity index (χ3n) is 4.56. The molecule has 2 aliphatic rings. The normalized spacial score (nSPS) is 29.8. The zero-order chi connectivity index (χ0) is 14.3. The van der Waals surface area contributed by atoms with Crippen molar-refractivity contribution in [2.45, 2.75) is 52.2 Å². The molecule has 1 unspecified atom stereocenters. The van der Waals surface area contributed by atoms with E-state index in [1.165, 1.54) is 0 Å². The summed E-state index contributed by atoms with van der Waals surface area (Å²) in [7, 11) is -0.434. The average molecular weight is 265 g/mol. The predicted octanol–water partition coefficient (Wildman–Crippen LogP) is 2.02. The van der Waals surface area contributed by atoms with Crippen LogP contribution in [0.25, 0.3) is 0 Å². The lowest BCUT2D eigenvalue weighted by molar-refractivity contribution is 0.00578. The first-order valence-electron chi connectivity index (χ1n) is 6.98. The minimum atomic E-state index is -0.434. The van der Waals surface area contributed by atoms with E-state index in [1.807, 2.05) is 33.9 Å². The highest BCUT2D eigenvalue weighted by atomic mass is 16.7. The Bertz CT molecular complexity index is 399. The van der Waals surface area contributed by atoms with Crippen LogP contribution in [0, 0.1) is 5.92 Å². The Morgan fingerprint density at radius 1 is 1.32 bits per heavy atom. The van der Waals surface area contributed by atoms with Gasteiger partial charge in [-0.05, 0) is 45.6 Å². The SMILES string of the molecule is CC1CCN=CC(B2OC(C)(C)C(C)(C)O2)=C1CO. The maximum atomic E-state index is 9.65. The molecule has 1 fully saturated rings. The first kappa shape index (κ1) is 14.8. The van der Waals surface area contributed by atoms with Crippen LogP contribution in [0.4, 0.5) is 0 Å². The van der Waals surface area contributed by atoms with Crippen molar-refractivity contribution in [2.75, 3.05) is 13.2 Å². The van der Waals surface area contributed by atoms with Crippen molar-refractivity contribution in [2.24, 2.45) is 10.9 Å². The van der Waals surface area contributed by atoms with Crippen LogP contribution in [0.1, 0.15) is 41.0 Å². The van der Waals surface area contributed by atoms with Crippen LogP contribution in [-0.2, 0) is 9.31 Å². The first-order chi connectivity index (χ1) is 8.78. The minimum Gasteiger partial charge on any atom is -0.399 e. The Hall–Kier alpha value is -0.645. The predicted molar refractivity (Wildman–Crippen MR) is 77.3 cm³/mol. The fraction of sp³-hybridized carbons (Fsp3) is 0.786. The molecule has 2 aliphatic heterocycles. The Kier molecular flexibility index (Phi) is 3.91. The van der Waals surface area contributed by atoms with Crippen molar-refractivity contribution in [3.63, 3.8) is 0 Å². The lowest BCUT2D eigenvalue weighted by Crippen LogP contribution is -2.41. The van der Waals surface area contributed by atoms with E-state index in [9.17, 15) is 5.11 Å². The summed E-state index contributed by atoms with van der Waals surface area (Å²) in [5, 5.41) is 9.65. The van der Waals surface area contributed by atoms with E-state index < -0.39 is 7.12 Å². The average Bonchev–Trinajstić information content (AvgIpc) is 2.46. The van der Waals surface area contributed by atoms with E-state index in [4.69, 9.17) is 9.31 Å². The van der Waals surface area contributed by atoms with Crippen molar-refractivity contribution in [1.29, 1.82) is 0 Å². The number of aliphatic imine (C=N–C) groups is 1. The van der Waals surface area contributed by atoms with Gasteiger partial charge in [-0.25, -0.2) is 0 Å². The van der Waals surface area contributed by atoms with Gasteiger partial charge in [0.15, 0.2) is 0 Å². The van der Waals surface area contributed by atoms with Gasteiger partial charge < -0.3 is 14.4 Å². The molecule has 0 aromatic rings. The quantitative estimate of drug-likeness (QED) is 0.777. The summed E-state index contributed by atoms with van der Waals surface area (Å²) in [6.07, 6.45) is 2.77. The van der Waals surface area contributed by atoms with Crippen molar-refractivity contribution < 1.29 is 14.4 Å². The summed E-state index contributed by atoms with van der Waals surface area (Å²) in [5.41, 5.74) is 1.15. The molecule has 0 aromatic carbocycles. The summed E-state index contributed by atoms with van der Waals surface area (Å²) in [6, 6.07) is 0. The molecule has 5 heteroatoms. The first-order valence-corrected chi connectivity index (χ1v) is 6.98. The molecule has 0 amide bonds. The van der Waals surface area contributed by atoms with Crippen molar-refractivity contribution in [3.05, 3.63) is 11.0 Å². The molecular formula is C14H24BNO3. The van der Waals surface area contributed by atoms with Crippen molar-refractivity contribution in [3.8, 4) is 0 Å². The second-order valence-electron chi connectivity index (χ2n) is 6.45. The van der Waals surface area contributed by atoms with Gasteiger partial charge in [-0.15, -0.1) is 0 Å². The summed E-state index contributed by atoms with van der Waals surface area (Å²) < 4.78 is 12.1. The van der Waals surface area contributed by atoms with Gasteiger partial charge in [-0.2, -0.15) is 0 Å². The van der Waals surface area contributed by atoms with Crippen LogP contribution in [0.5, 0.6) is 0 Å². The van der Waals surface area contributed by atoms with Crippen LogP contribution in [0.15, 0.2) is 16.0 Å². The van der Waals surface area contributed by atoms with Crippen molar-refractivity contribution in [1.82, 2.24) is 0 Å². The summed E-state index contributed by atoms with van der Waals surface area (Å²) in [6.45, 7) is 11.1. The zero-order valence-electron chi connectivity index (χ0n) is 12.6. The third-order valence-corrected chi connectivity index (χ3v) is 4.56. The minimum absolute atomic E-state index is 0.0343. The maximum absolute atomic E-state index is 9.65. The molecular weight excluding hydrogens is 241 g/mol. The van der Waals surface area contributed by atoms with Gasteiger partial charge >= 0.3 is 7.12 Å². The van der Waals surface area contributed by atoms with Crippen LogP contribution in [0.3, 0.4) is 0 Å².